The van der Waals surface area contributed by atoms with Crippen LogP contribution in [-0.4, -0.2) is 71.2 Å². The predicted octanol–water partition coefficient (Wildman–Crippen LogP) is 3.84. The Morgan fingerprint density at radius 1 is 0.824 bits per heavy atom. The molecule has 0 spiro atoms. The van der Waals surface area contributed by atoms with Gasteiger partial charge in [-0.1, -0.05) is 30.3 Å². The molecule has 1 amide bonds. The van der Waals surface area contributed by atoms with E-state index in [1.807, 2.05) is 24.4 Å². The zero-order valence-corrected chi connectivity index (χ0v) is 19.8. The number of carbonyl (C=O) groups is 1. The lowest BCUT2D eigenvalue weighted by atomic mass is 10.1. The van der Waals surface area contributed by atoms with E-state index in [9.17, 15) is 9.90 Å². The number of rotatable bonds is 7. The van der Waals surface area contributed by atoms with Gasteiger partial charge in [0.25, 0.3) is 5.91 Å². The Bertz CT molecular complexity index is 1090. The van der Waals surface area contributed by atoms with Crippen molar-refractivity contribution in [1.29, 1.82) is 0 Å². The van der Waals surface area contributed by atoms with Crippen LogP contribution >= 0.6 is 0 Å². The number of aromatic hydroxyl groups is 1. The van der Waals surface area contributed by atoms with E-state index in [2.05, 4.69) is 49.7 Å². The second kappa shape index (κ2) is 10.3. The van der Waals surface area contributed by atoms with Gasteiger partial charge in [0.05, 0.1) is 5.56 Å². The number of carbonyl (C=O) groups excluding carboxylic acids is 1. The molecule has 2 aliphatic rings. The summed E-state index contributed by atoms with van der Waals surface area (Å²) in [5.41, 5.74) is 4.50. The molecule has 1 fully saturated rings. The number of hydrogen-bond donors (Lipinski definition) is 1. The number of aryl methyl sites for hydroxylation is 1. The average molecular weight is 459 g/mol. The molecule has 3 heterocycles. The number of phenols is 1. The van der Waals surface area contributed by atoms with Crippen LogP contribution in [0.4, 0.5) is 5.69 Å². The predicted molar refractivity (Wildman–Crippen MR) is 136 cm³/mol. The maximum Gasteiger partial charge on any atom is 0.255 e. The molecule has 6 nitrogen and oxygen atoms in total. The van der Waals surface area contributed by atoms with E-state index >= 15 is 0 Å². The van der Waals surface area contributed by atoms with Gasteiger partial charge in [-0.3, -0.25) is 9.69 Å². The smallest absolute Gasteiger partial charge is 0.255 e. The maximum atomic E-state index is 13.3. The summed E-state index contributed by atoms with van der Waals surface area (Å²) >= 11 is 0. The lowest BCUT2D eigenvalue weighted by Crippen LogP contribution is -2.47. The number of phenolic OH excluding ortho intramolecular Hbond substituents is 1. The standard InChI is InChI=1S/C28H34N4O2/c33-26-11-9-25(10-12-26)31-18-16-29(17-19-31)13-5-15-32-14-4-8-24-21-30(22-27(24)28(32)34)20-23-6-2-1-3-7-23/h1-3,6-7,9-12,21-22,33H,4-5,8,13-20H2. The average Bonchev–Trinajstić information content (AvgIpc) is 3.20. The van der Waals surface area contributed by atoms with Crippen molar-refractivity contribution in [2.24, 2.45) is 0 Å². The Morgan fingerprint density at radius 2 is 1.59 bits per heavy atom. The van der Waals surface area contributed by atoms with E-state index in [0.29, 0.717) is 5.75 Å². The van der Waals surface area contributed by atoms with Gasteiger partial charge >= 0.3 is 0 Å². The first-order chi connectivity index (χ1) is 16.7. The molecule has 0 atom stereocenters. The molecule has 2 aliphatic heterocycles. The van der Waals surface area contributed by atoms with Gasteiger partial charge in [-0.2, -0.15) is 0 Å². The van der Waals surface area contributed by atoms with Crippen molar-refractivity contribution < 1.29 is 9.90 Å². The van der Waals surface area contributed by atoms with E-state index in [4.69, 9.17) is 0 Å². The van der Waals surface area contributed by atoms with Gasteiger partial charge in [0.2, 0.25) is 0 Å². The molecule has 0 radical (unpaired) electrons. The highest BCUT2D eigenvalue weighted by molar-refractivity contribution is 5.96. The third-order valence-corrected chi connectivity index (χ3v) is 7.05. The summed E-state index contributed by atoms with van der Waals surface area (Å²) in [4.78, 5) is 20.2. The van der Waals surface area contributed by atoms with Crippen LogP contribution in [0.1, 0.15) is 34.3 Å². The lowest BCUT2D eigenvalue weighted by Gasteiger charge is -2.36. The number of amides is 1. The van der Waals surface area contributed by atoms with Crippen molar-refractivity contribution in [3.8, 4) is 5.75 Å². The minimum absolute atomic E-state index is 0.191. The third kappa shape index (κ3) is 5.28. The molecule has 0 bridgehead atoms. The summed E-state index contributed by atoms with van der Waals surface area (Å²) in [6, 6.07) is 17.9. The molecule has 0 saturated carbocycles. The molecular weight excluding hydrogens is 424 g/mol. The van der Waals surface area contributed by atoms with Crippen molar-refractivity contribution in [3.63, 3.8) is 0 Å². The van der Waals surface area contributed by atoms with Gasteiger partial charge in [-0.25, -0.2) is 0 Å². The topological polar surface area (TPSA) is 52.0 Å². The Hall–Kier alpha value is -3.25. The van der Waals surface area contributed by atoms with Crippen LogP contribution in [0.15, 0.2) is 67.0 Å². The fraction of sp³-hybridized carbons (Fsp3) is 0.393. The van der Waals surface area contributed by atoms with E-state index < -0.39 is 0 Å². The van der Waals surface area contributed by atoms with Crippen LogP contribution in [0.25, 0.3) is 0 Å². The largest absolute Gasteiger partial charge is 0.508 e. The van der Waals surface area contributed by atoms with E-state index in [1.165, 1.54) is 16.8 Å². The second-order valence-electron chi connectivity index (χ2n) is 9.45. The molecule has 2 aromatic carbocycles. The third-order valence-electron chi connectivity index (χ3n) is 7.05. The van der Waals surface area contributed by atoms with Crippen molar-refractivity contribution in [1.82, 2.24) is 14.4 Å². The highest BCUT2D eigenvalue weighted by Gasteiger charge is 2.24. The maximum absolute atomic E-state index is 13.3. The molecule has 5 rings (SSSR count). The molecule has 34 heavy (non-hydrogen) atoms. The molecular formula is C28H34N4O2. The molecule has 0 aliphatic carbocycles. The van der Waals surface area contributed by atoms with Crippen molar-refractivity contribution in [2.75, 3.05) is 50.7 Å². The summed E-state index contributed by atoms with van der Waals surface area (Å²) in [7, 11) is 0. The van der Waals surface area contributed by atoms with Crippen LogP contribution in [0.3, 0.4) is 0 Å². The number of nitrogens with zero attached hydrogens (tertiary/aromatic N) is 4. The summed E-state index contributed by atoms with van der Waals surface area (Å²) < 4.78 is 2.16. The van der Waals surface area contributed by atoms with Crippen molar-refractivity contribution in [2.45, 2.75) is 25.8 Å². The van der Waals surface area contributed by atoms with E-state index in [1.54, 1.807) is 12.1 Å². The number of piperazine rings is 1. The quantitative estimate of drug-likeness (QED) is 0.585. The molecule has 1 saturated heterocycles. The zero-order chi connectivity index (χ0) is 23.3. The minimum Gasteiger partial charge on any atom is -0.508 e. The van der Waals surface area contributed by atoms with Crippen molar-refractivity contribution in [3.05, 3.63) is 83.7 Å². The zero-order valence-electron chi connectivity index (χ0n) is 19.8. The molecule has 1 aromatic heterocycles. The Balaban J connectivity index is 1.11. The van der Waals surface area contributed by atoms with Gasteiger partial charge in [0, 0.05) is 63.9 Å². The normalized spacial score (nSPS) is 17.0. The Morgan fingerprint density at radius 3 is 2.35 bits per heavy atom. The van der Waals surface area contributed by atoms with Crippen LogP contribution in [0.2, 0.25) is 0 Å². The van der Waals surface area contributed by atoms with Crippen LogP contribution in [-0.2, 0) is 13.0 Å². The first kappa shape index (κ1) is 22.5. The second-order valence-corrected chi connectivity index (χ2v) is 9.45. The van der Waals surface area contributed by atoms with Crippen molar-refractivity contribution >= 4 is 11.6 Å². The minimum atomic E-state index is 0.191. The summed E-state index contributed by atoms with van der Waals surface area (Å²) in [6.45, 7) is 7.54. The van der Waals surface area contributed by atoms with E-state index in [0.717, 1.165) is 77.2 Å². The fourth-order valence-electron chi connectivity index (χ4n) is 5.16. The summed E-state index contributed by atoms with van der Waals surface area (Å²) in [5, 5.41) is 9.50. The number of anilines is 1. The summed E-state index contributed by atoms with van der Waals surface area (Å²) in [6.07, 6.45) is 7.21. The number of hydrogen-bond acceptors (Lipinski definition) is 4. The molecule has 178 valence electrons. The molecule has 0 unspecified atom stereocenters. The molecule has 6 heteroatoms. The van der Waals surface area contributed by atoms with Gasteiger partial charge in [0.1, 0.15) is 5.75 Å². The fourth-order valence-corrected chi connectivity index (χ4v) is 5.16. The Labute approximate surface area is 202 Å². The lowest BCUT2D eigenvalue weighted by molar-refractivity contribution is 0.0752. The highest BCUT2D eigenvalue weighted by atomic mass is 16.3. The first-order valence-corrected chi connectivity index (χ1v) is 12.4. The number of benzene rings is 2. The number of aromatic nitrogens is 1. The number of fused-ring (bicyclic) bond motifs is 1. The Kier molecular flexibility index (Phi) is 6.86. The van der Waals surface area contributed by atoms with Gasteiger partial charge < -0.3 is 19.5 Å². The van der Waals surface area contributed by atoms with E-state index in [-0.39, 0.29) is 5.91 Å². The van der Waals surface area contributed by atoms with Gasteiger partial charge in [-0.05, 0) is 61.2 Å². The molecule has 1 N–H and O–H groups in total. The van der Waals surface area contributed by atoms with Crippen LogP contribution in [0, 0.1) is 0 Å². The molecule has 3 aromatic rings. The van der Waals surface area contributed by atoms with Gasteiger partial charge in [0.15, 0.2) is 0 Å². The monoisotopic (exact) mass is 458 g/mol. The SMILES string of the molecule is O=C1c2cn(Cc3ccccc3)cc2CCCN1CCCN1CCN(c2ccc(O)cc2)CC1. The highest BCUT2D eigenvalue weighted by Crippen LogP contribution is 2.22. The first-order valence-electron chi connectivity index (χ1n) is 12.4. The summed E-state index contributed by atoms with van der Waals surface area (Å²) in [5.74, 6) is 0.502. The van der Waals surface area contributed by atoms with Gasteiger partial charge in [-0.15, -0.1) is 0 Å². The van der Waals surface area contributed by atoms with Crippen LogP contribution < -0.4 is 4.90 Å². The van der Waals surface area contributed by atoms with Crippen LogP contribution in [0.5, 0.6) is 5.75 Å².